The van der Waals surface area contributed by atoms with Crippen LogP contribution in [0.25, 0.3) is 11.3 Å². The molecule has 0 fully saturated rings. The minimum atomic E-state index is -4.15. The fourth-order valence-electron chi connectivity index (χ4n) is 2.72. The second-order valence-corrected chi connectivity index (χ2v) is 8.45. The van der Waals surface area contributed by atoms with Gasteiger partial charge in [-0.15, -0.1) is 0 Å². The van der Waals surface area contributed by atoms with Gasteiger partial charge in [-0.25, -0.2) is 22.2 Å². The number of anilines is 1. The van der Waals surface area contributed by atoms with E-state index in [0.29, 0.717) is 23.0 Å². The lowest BCUT2D eigenvalue weighted by Crippen LogP contribution is -2.14. The van der Waals surface area contributed by atoms with Crippen LogP contribution in [0.15, 0.2) is 58.7 Å². The highest BCUT2D eigenvalue weighted by atomic mass is 32.2. The van der Waals surface area contributed by atoms with Crippen molar-refractivity contribution in [3.63, 3.8) is 0 Å². The smallest absolute Gasteiger partial charge is 0.262 e. The van der Waals surface area contributed by atoms with E-state index in [2.05, 4.69) is 9.71 Å². The van der Waals surface area contributed by atoms with Gasteiger partial charge in [0.2, 0.25) is 0 Å². The Morgan fingerprint density at radius 1 is 1.12 bits per heavy atom. The minimum absolute atomic E-state index is 0.291. The number of hydrogen-bond donors (Lipinski definition) is 1. The third-order valence-corrected chi connectivity index (χ3v) is 6.21. The maximum Gasteiger partial charge on any atom is 0.262 e. The minimum Gasteiger partial charge on any atom is -0.325 e. The zero-order valence-electron chi connectivity index (χ0n) is 13.3. The van der Waals surface area contributed by atoms with Crippen LogP contribution >= 0.6 is 11.8 Å². The Morgan fingerprint density at radius 3 is 2.58 bits per heavy atom. The van der Waals surface area contributed by atoms with Gasteiger partial charge in [-0.3, -0.25) is 4.72 Å². The summed E-state index contributed by atoms with van der Waals surface area (Å²) in [5.74, 6) is -0.954. The Hall–Kier alpha value is -2.39. The lowest BCUT2D eigenvalue weighted by Gasteiger charge is -2.12. The summed E-state index contributed by atoms with van der Waals surface area (Å²) in [5, 5.41) is 0.880. The molecule has 3 aromatic rings. The highest BCUT2D eigenvalue weighted by molar-refractivity contribution is 7.99. The molecule has 2 heterocycles. The van der Waals surface area contributed by atoms with E-state index in [-0.39, 0.29) is 0 Å². The van der Waals surface area contributed by atoms with Crippen LogP contribution in [0.2, 0.25) is 0 Å². The van der Waals surface area contributed by atoms with Gasteiger partial charge in [-0.2, -0.15) is 0 Å². The highest BCUT2D eigenvalue weighted by Gasteiger charge is 2.21. The first-order valence-electron chi connectivity index (χ1n) is 7.71. The Balaban J connectivity index is 1.72. The number of thioether (sulfide) groups is 1. The molecule has 1 aliphatic heterocycles. The highest BCUT2D eigenvalue weighted by Crippen LogP contribution is 2.33. The van der Waals surface area contributed by atoms with Crippen molar-refractivity contribution >= 4 is 27.5 Å². The summed E-state index contributed by atoms with van der Waals surface area (Å²) >= 11 is 1.63. The fourth-order valence-corrected chi connectivity index (χ4v) is 4.79. The van der Waals surface area contributed by atoms with Crippen LogP contribution in [0, 0.1) is 11.6 Å². The summed E-state index contributed by atoms with van der Waals surface area (Å²) in [4.78, 5) is 4.04. The van der Waals surface area contributed by atoms with Gasteiger partial charge >= 0.3 is 0 Å². The van der Waals surface area contributed by atoms with Gasteiger partial charge in [0.25, 0.3) is 10.0 Å². The van der Waals surface area contributed by atoms with Crippen LogP contribution in [-0.4, -0.2) is 23.7 Å². The van der Waals surface area contributed by atoms with E-state index in [1.807, 2.05) is 10.8 Å². The quantitative estimate of drug-likeness (QED) is 0.734. The second kappa shape index (κ2) is 6.40. The van der Waals surface area contributed by atoms with Gasteiger partial charge < -0.3 is 4.57 Å². The number of sulfonamides is 1. The molecule has 134 valence electrons. The van der Waals surface area contributed by atoms with Crippen molar-refractivity contribution < 1.29 is 17.2 Å². The zero-order chi connectivity index (χ0) is 18.3. The first-order chi connectivity index (χ1) is 12.4. The monoisotopic (exact) mass is 393 g/mol. The van der Waals surface area contributed by atoms with Gasteiger partial charge in [-0.1, -0.05) is 30.0 Å². The van der Waals surface area contributed by atoms with E-state index in [9.17, 15) is 17.2 Å². The molecule has 0 aliphatic carbocycles. The summed E-state index contributed by atoms with van der Waals surface area (Å²) in [7, 11) is -4.15. The van der Waals surface area contributed by atoms with Gasteiger partial charge in [-0.05, 0) is 18.2 Å². The number of hydrogen-bond acceptors (Lipinski definition) is 4. The molecule has 0 spiro atoms. The summed E-state index contributed by atoms with van der Waals surface area (Å²) in [6.07, 6.45) is 1.87. The molecule has 9 heteroatoms. The Bertz CT molecular complexity index is 1060. The number of nitrogens with zero attached hydrogens (tertiary/aromatic N) is 2. The van der Waals surface area contributed by atoms with Crippen molar-refractivity contribution in [2.45, 2.75) is 16.6 Å². The van der Waals surface area contributed by atoms with Crippen LogP contribution in [0.3, 0.4) is 0 Å². The van der Waals surface area contributed by atoms with Crippen molar-refractivity contribution in [3.8, 4) is 11.3 Å². The van der Waals surface area contributed by atoms with E-state index in [1.54, 1.807) is 36.0 Å². The number of benzene rings is 2. The first kappa shape index (κ1) is 17.0. The van der Waals surface area contributed by atoms with E-state index >= 15 is 0 Å². The van der Waals surface area contributed by atoms with E-state index in [4.69, 9.17) is 0 Å². The van der Waals surface area contributed by atoms with Gasteiger partial charge in [0.1, 0.15) is 11.6 Å². The molecule has 4 rings (SSSR count). The molecule has 0 radical (unpaired) electrons. The summed E-state index contributed by atoms with van der Waals surface area (Å²) < 4.78 is 56.3. The van der Waals surface area contributed by atoms with Gasteiger partial charge in [0, 0.05) is 30.1 Å². The number of para-hydroxylation sites is 1. The number of aromatic nitrogens is 2. The third kappa shape index (κ3) is 3.19. The molecule has 2 aromatic carbocycles. The normalized spacial score (nSPS) is 13.6. The molecule has 0 unspecified atom stereocenters. The van der Waals surface area contributed by atoms with Crippen LogP contribution in [0.4, 0.5) is 14.5 Å². The predicted molar refractivity (Wildman–Crippen MR) is 95.6 cm³/mol. The largest absolute Gasteiger partial charge is 0.325 e. The average molecular weight is 393 g/mol. The Kier molecular flexibility index (Phi) is 4.20. The Labute approximate surface area is 153 Å². The summed E-state index contributed by atoms with van der Waals surface area (Å²) in [6, 6.07) is 8.94. The predicted octanol–water partition coefficient (Wildman–Crippen LogP) is 3.73. The molecule has 1 aromatic heterocycles. The third-order valence-electron chi connectivity index (χ3n) is 3.90. The molecule has 0 saturated heterocycles. The topological polar surface area (TPSA) is 64.0 Å². The van der Waals surface area contributed by atoms with Crippen molar-refractivity contribution in [2.24, 2.45) is 0 Å². The molecular weight excluding hydrogens is 380 g/mol. The number of rotatable bonds is 4. The number of aryl methyl sites for hydroxylation is 1. The lowest BCUT2D eigenvalue weighted by atomic mass is 10.1. The van der Waals surface area contributed by atoms with E-state index in [0.717, 1.165) is 29.6 Å². The van der Waals surface area contributed by atoms with Crippen LogP contribution in [0.1, 0.15) is 0 Å². The standard InChI is InChI=1S/C17H13F2N3O2S2/c18-11-7-12(19)9-13(8-11)26(23,24)21-15-4-2-1-3-14(15)16-10-22-5-6-25-17(22)20-16/h1-4,7-10,21H,5-6H2. The van der Waals surface area contributed by atoms with Crippen LogP contribution < -0.4 is 4.72 Å². The Morgan fingerprint density at radius 2 is 1.85 bits per heavy atom. The molecule has 0 saturated carbocycles. The van der Waals surface area contributed by atoms with Crippen LogP contribution in [0.5, 0.6) is 0 Å². The summed E-state index contributed by atoms with van der Waals surface area (Å²) in [5.41, 5.74) is 1.52. The zero-order valence-corrected chi connectivity index (χ0v) is 14.9. The van der Waals surface area contributed by atoms with Crippen LogP contribution in [-0.2, 0) is 16.6 Å². The van der Waals surface area contributed by atoms with Crippen molar-refractivity contribution in [2.75, 3.05) is 10.5 Å². The average Bonchev–Trinajstić information content (AvgIpc) is 3.15. The van der Waals surface area contributed by atoms with Gasteiger partial charge in [0.05, 0.1) is 16.3 Å². The number of fused-ring (bicyclic) bond motifs is 1. The maximum absolute atomic E-state index is 13.4. The van der Waals surface area contributed by atoms with E-state index < -0.39 is 26.6 Å². The fraction of sp³-hybridized carbons (Fsp3) is 0.118. The second-order valence-electron chi connectivity index (χ2n) is 5.71. The SMILES string of the molecule is O=S(=O)(Nc1ccccc1-c1cn2c(n1)SCC2)c1cc(F)cc(F)c1. The van der Waals surface area contributed by atoms with Crippen molar-refractivity contribution in [1.82, 2.24) is 9.55 Å². The number of nitrogens with one attached hydrogen (secondary N) is 1. The van der Waals surface area contributed by atoms with Gasteiger partial charge in [0.15, 0.2) is 5.16 Å². The first-order valence-corrected chi connectivity index (χ1v) is 10.2. The maximum atomic E-state index is 13.4. The van der Waals surface area contributed by atoms with Crippen molar-refractivity contribution in [1.29, 1.82) is 0 Å². The number of halogens is 2. The summed E-state index contributed by atoms with van der Waals surface area (Å²) in [6.45, 7) is 0.851. The molecule has 0 atom stereocenters. The van der Waals surface area contributed by atoms with Crippen molar-refractivity contribution in [3.05, 3.63) is 60.3 Å². The molecule has 1 N–H and O–H groups in total. The molecule has 5 nitrogen and oxygen atoms in total. The number of imidazole rings is 1. The molecule has 0 amide bonds. The van der Waals surface area contributed by atoms with E-state index in [1.165, 1.54) is 0 Å². The lowest BCUT2D eigenvalue weighted by molar-refractivity contribution is 0.568. The molecular formula is C17H13F2N3O2S2. The molecule has 26 heavy (non-hydrogen) atoms. The molecule has 1 aliphatic rings. The molecule has 0 bridgehead atoms.